The zero-order valence-corrected chi connectivity index (χ0v) is 26.6. The second kappa shape index (κ2) is 13.5. The number of fused-ring (bicyclic) bond motifs is 5. The Labute approximate surface area is 261 Å². The molecule has 0 spiro atoms. The van der Waals surface area contributed by atoms with Crippen molar-refractivity contribution in [2.45, 2.75) is 82.2 Å². The van der Waals surface area contributed by atoms with Crippen molar-refractivity contribution in [1.82, 2.24) is 5.32 Å². The fraction of sp³-hybridized carbons (Fsp3) is 0.581. The van der Waals surface area contributed by atoms with E-state index in [1.165, 1.54) is 19.1 Å². The zero-order valence-electron chi connectivity index (χ0n) is 25.8. The monoisotopic (exact) mass is 636 g/mol. The Kier molecular flexibility index (Phi) is 10.3. The van der Waals surface area contributed by atoms with Gasteiger partial charge in [0.15, 0.2) is 5.72 Å². The van der Waals surface area contributed by atoms with Gasteiger partial charge in [-0.05, 0) is 36.6 Å². The number of allylic oxidation sites excluding steroid dienone is 2. The molecule has 13 heteroatoms. The van der Waals surface area contributed by atoms with Crippen molar-refractivity contribution in [3.63, 3.8) is 0 Å². The molecule has 0 aromatic heterocycles. The van der Waals surface area contributed by atoms with Crippen LogP contribution in [0.3, 0.4) is 0 Å². The maximum absolute atomic E-state index is 13.7. The third kappa shape index (κ3) is 6.89. The van der Waals surface area contributed by atoms with Gasteiger partial charge in [0.25, 0.3) is 0 Å². The van der Waals surface area contributed by atoms with Gasteiger partial charge < -0.3 is 38.8 Å². The molecule has 0 aliphatic carbocycles. The predicted octanol–water partition coefficient (Wildman–Crippen LogP) is 3.05. The molecule has 2 fully saturated rings. The van der Waals surface area contributed by atoms with E-state index in [0.29, 0.717) is 22.6 Å². The Balaban J connectivity index is 1.81. The van der Waals surface area contributed by atoms with Gasteiger partial charge in [-0.15, -0.1) is 0 Å². The van der Waals surface area contributed by atoms with Crippen molar-refractivity contribution in [3.8, 4) is 5.75 Å². The maximum Gasteiger partial charge on any atom is 0.409 e. The summed E-state index contributed by atoms with van der Waals surface area (Å²) in [4.78, 5) is 40.2. The Hall–Kier alpha value is -3.16. The fourth-order valence-corrected chi connectivity index (χ4v) is 6.18. The fourth-order valence-electron chi connectivity index (χ4n) is 5.87. The molecule has 1 unspecified atom stereocenters. The van der Waals surface area contributed by atoms with Gasteiger partial charge in [0, 0.05) is 32.9 Å². The predicted molar refractivity (Wildman–Crippen MR) is 160 cm³/mol. The summed E-state index contributed by atoms with van der Waals surface area (Å²) in [7, 11) is 4.43. The normalized spacial score (nSPS) is 34.5. The molecule has 7 atom stereocenters. The van der Waals surface area contributed by atoms with Crippen LogP contribution in [0.15, 0.2) is 35.9 Å². The molecule has 3 heterocycles. The number of alkyl carbamates (subject to hydrolysis) is 1. The average molecular weight is 637 g/mol. The number of aliphatic hydroxyl groups is 2. The van der Waals surface area contributed by atoms with Gasteiger partial charge in [-0.25, -0.2) is 4.79 Å². The molecule has 3 aliphatic rings. The molecule has 3 aliphatic heterocycles. The molecule has 2 amide bonds. The SMILES string of the molecule is CCC(=O)OC1CC(=O)N(C)c2cc(cc(OC)c2Cl)C/C(CO)=C\C=C/[C@@H](OC)[C@@]2(O)C[C@H](OC(=O)N2)[C@@H](C)[C@@H]2O[C@@]12C. The summed E-state index contributed by atoms with van der Waals surface area (Å²) in [6, 6.07) is 3.45. The van der Waals surface area contributed by atoms with Crippen molar-refractivity contribution < 1.29 is 48.3 Å². The highest BCUT2D eigenvalue weighted by Gasteiger charge is 2.64. The molecule has 1 aromatic rings. The quantitative estimate of drug-likeness (QED) is 0.324. The number of methoxy groups -OCH3 is 2. The lowest BCUT2D eigenvalue weighted by Crippen LogP contribution is -2.63. The summed E-state index contributed by atoms with van der Waals surface area (Å²) in [5.41, 5.74) is -1.23. The molecule has 2 saturated heterocycles. The first kappa shape index (κ1) is 33.7. The summed E-state index contributed by atoms with van der Waals surface area (Å²) >= 11 is 6.65. The van der Waals surface area contributed by atoms with E-state index in [1.807, 2.05) is 0 Å². The average Bonchev–Trinajstić information content (AvgIpc) is 3.69. The Morgan fingerprint density at radius 1 is 1.27 bits per heavy atom. The maximum atomic E-state index is 13.7. The number of hydrogen-bond acceptors (Lipinski definition) is 10. The largest absolute Gasteiger partial charge is 0.495 e. The van der Waals surface area contributed by atoms with Gasteiger partial charge in [-0.1, -0.05) is 43.7 Å². The molecule has 12 nitrogen and oxygen atoms in total. The molecule has 4 bridgehead atoms. The van der Waals surface area contributed by atoms with Crippen LogP contribution in [-0.4, -0.2) is 91.8 Å². The van der Waals surface area contributed by atoms with Crippen molar-refractivity contribution in [2.75, 3.05) is 32.8 Å². The highest BCUT2D eigenvalue weighted by Crippen LogP contribution is 2.49. The minimum Gasteiger partial charge on any atom is -0.495 e. The van der Waals surface area contributed by atoms with Crippen molar-refractivity contribution >= 4 is 35.3 Å². The zero-order chi connectivity index (χ0) is 32.4. The summed E-state index contributed by atoms with van der Waals surface area (Å²) in [6.45, 7) is 4.92. The minimum absolute atomic E-state index is 0.0412. The summed E-state index contributed by atoms with van der Waals surface area (Å²) in [6.07, 6.45) is 0.838. The molecule has 1 aromatic carbocycles. The number of hydrogen-bond donors (Lipinski definition) is 3. The molecule has 0 radical (unpaired) electrons. The number of anilines is 1. The van der Waals surface area contributed by atoms with E-state index in [2.05, 4.69) is 5.32 Å². The highest BCUT2D eigenvalue weighted by atomic mass is 35.5. The summed E-state index contributed by atoms with van der Waals surface area (Å²) in [5, 5.41) is 24.4. The van der Waals surface area contributed by atoms with Crippen LogP contribution in [0.25, 0.3) is 0 Å². The smallest absolute Gasteiger partial charge is 0.409 e. The first-order chi connectivity index (χ1) is 20.8. The van der Waals surface area contributed by atoms with Gasteiger partial charge in [-0.3, -0.25) is 14.9 Å². The Morgan fingerprint density at radius 2 is 2.00 bits per heavy atom. The molecule has 0 saturated carbocycles. The lowest BCUT2D eigenvalue weighted by molar-refractivity contribution is -0.153. The van der Waals surface area contributed by atoms with Crippen LogP contribution in [0.2, 0.25) is 5.02 Å². The van der Waals surface area contributed by atoms with E-state index in [4.69, 9.17) is 35.3 Å². The number of ether oxygens (including phenoxy) is 5. The lowest BCUT2D eigenvalue weighted by Gasteiger charge is -2.42. The summed E-state index contributed by atoms with van der Waals surface area (Å²) < 4.78 is 28.5. The van der Waals surface area contributed by atoms with E-state index in [1.54, 1.807) is 58.2 Å². The standard InChI is InChI=1S/C31H41ClN2O10/c1-7-26(37)43-24-14-25(36)34(4)20-12-19(13-21(40-5)27(20)32)11-18(16-35)9-8-10-23(41-6)31(39)15-22(42-29(38)33-31)17(2)28-30(24,3)44-28/h8-10,12-13,17,22-24,28,35,39H,7,11,14-16H2,1-6H3,(H,33,38)/b10-8-,18-9+/t17-,22+,23-,24?,28+,30+,31+/m1/s1. The van der Waals surface area contributed by atoms with Gasteiger partial charge in [0.05, 0.1) is 31.9 Å². The number of nitrogens with one attached hydrogen (secondary N) is 1. The van der Waals surface area contributed by atoms with E-state index in [9.17, 15) is 24.6 Å². The third-order valence-corrected chi connectivity index (χ3v) is 9.00. The number of halogens is 1. The number of nitrogens with zero attached hydrogens (tertiary/aromatic N) is 1. The summed E-state index contributed by atoms with van der Waals surface area (Å²) in [5.74, 6) is -1.03. The third-order valence-electron chi connectivity index (χ3n) is 8.62. The highest BCUT2D eigenvalue weighted by molar-refractivity contribution is 6.35. The Bertz CT molecular complexity index is 1330. The van der Waals surface area contributed by atoms with Gasteiger partial charge in [0.2, 0.25) is 5.91 Å². The number of esters is 1. The van der Waals surface area contributed by atoms with Crippen molar-refractivity contribution in [2.24, 2.45) is 5.92 Å². The number of aliphatic hydroxyl groups excluding tert-OH is 1. The van der Waals surface area contributed by atoms with Crippen LogP contribution < -0.4 is 15.0 Å². The first-order valence-corrected chi connectivity index (χ1v) is 14.9. The van der Waals surface area contributed by atoms with Gasteiger partial charge >= 0.3 is 12.1 Å². The molecule has 4 rings (SSSR count). The van der Waals surface area contributed by atoms with Crippen LogP contribution in [0, 0.1) is 5.92 Å². The van der Waals surface area contributed by atoms with Crippen molar-refractivity contribution in [3.05, 3.63) is 46.5 Å². The van der Waals surface area contributed by atoms with Crippen molar-refractivity contribution in [1.29, 1.82) is 0 Å². The van der Waals surface area contributed by atoms with Crippen LogP contribution in [0.5, 0.6) is 5.75 Å². The van der Waals surface area contributed by atoms with Gasteiger partial charge in [-0.2, -0.15) is 0 Å². The van der Waals surface area contributed by atoms with Crippen LogP contribution in [0.1, 0.15) is 45.6 Å². The number of epoxide rings is 1. The van der Waals surface area contributed by atoms with E-state index in [-0.39, 0.29) is 37.3 Å². The second-order valence-electron chi connectivity index (χ2n) is 11.6. The second-order valence-corrected chi connectivity index (χ2v) is 12.0. The van der Waals surface area contributed by atoms with Crippen LogP contribution in [-0.2, 0) is 35.0 Å². The lowest BCUT2D eigenvalue weighted by atomic mass is 9.83. The van der Waals surface area contributed by atoms with E-state index >= 15 is 0 Å². The number of benzene rings is 1. The molecule has 3 N–H and O–H groups in total. The Morgan fingerprint density at radius 3 is 2.64 bits per heavy atom. The van der Waals surface area contributed by atoms with Crippen LogP contribution in [0.4, 0.5) is 10.5 Å². The minimum atomic E-state index is -1.83. The van der Waals surface area contributed by atoms with E-state index in [0.717, 1.165) is 0 Å². The molecule has 242 valence electrons. The van der Waals surface area contributed by atoms with E-state index < -0.39 is 59.6 Å². The topological polar surface area (TPSA) is 156 Å². The number of carbonyl (C=O) groups is 3. The van der Waals surface area contributed by atoms with Gasteiger partial charge in [0.1, 0.15) is 34.7 Å². The number of carbonyl (C=O) groups excluding carboxylic acids is 3. The van der Waals surface area contributed by atoms with Crippen LogP contribution >= 0.6 is 11.6 Å². The number of rotatable bonds is 5. The number of amides is 2. The first-order valence-electron chi connectivity index (χ1n) is 14.5. The molecular formula is C31H41ClN2O10. The molecule has 44 heavy (non-hydrogen) atoms. The molecular weight excluding hydrogens is 596 g/mol.